The van der Waals surface area contributed by atoms with Crippen molar-refractivity contribution in [3.05, 3.63) is 68.2 Å². The molecule has 0 saturated carbocycles. The second-order valence-corrected chi connectivity index (χ2v) is 6.56. The van der Waals surface area contributed by atoms with E-state index in [1.54, 1.807) is 6.92 Å². The van der Waals surface area contributed by atoms with Crippen LogP contribution < -0.4 is 0 Å². The number of hydrogen-bond acceptors (Lipinski definition) is 2. The van der Waals surface area contributed by atoms with E-state index in [2.05, 4.69) is 0 Å². The van der Waals surface area contributed by atoms with Crippen molar-refractivity contribution in [2.75, 3.05) is 7.11 Å². The van der Waals surface area contributed by atoms with Crippen LogP contribution in [0, 0.1) is 11.6 Å². The average molecular weight is 409 g/mol. The first-order valence-corrected chi connectivity index (χ1v) is 8.34. The lowest BCUT2D eigenvalue weighted by Crippen LogP contribution is -2.40. The minimum Gasteiger partial charge on any atom is -0.274 e. The summed E-state index contributed by atoms with van der Waals surface area (Å²) in [6.45, 7) is 1.64. The molecule has 0 heterocycles. The van der Waals surface area contributed by atoms with Crippen molar-refractivity contribution in [2.45, 2.75) is 19.4 Å². The van der Waals surface area contributed by atoms with E-state index >= 15 is 0 Å². The van der Waals surface area contributed by atoms with Crippen LogP contribution in [0.25, 0.3) is 0 Å². The van der Waals surface area contributed by atoms with E-state index < -0.39 is 29.1 Å². The van der Waals surface area contributed by atoms with Crippen LogP contribution in [-0.2, 0) is 11.3 Å². The van der Waals surface area contributed by atoms with Crippen molar-refractivity contribution >= 4 is 40.7 Å². The highest BCUT2D eigenvalue weighted by molar-refractivity contribution is 6.39. The maximum Gasteiger partial charge on any atom is 0.283 e. The van der Waals surface area contributed by atoms with Crippen LogP contribution in [0.5, 0.6) is 0 Å². The van der Waals surface area contributed by atoms with E-state index in [-0.39, 0.29) is 6.42 Å². The van der Waals surface area contributed by atoms with Crippen molar-refractivity contribution in [3.8, 4) is 0 Å². The molecular weight excluding hydrogens is 395 g/mol. The molecule has 0 aliphatic carbocycles. The van der Waals surface area contributed by atoms with E-state index in [9.17, 15) is 13.6 Å². The standard InChI is InChI=1S/C17H14Cl3F2NO2/c1-9(6-11-12(19)7-10(18)8-13(11)20)23(25-2)17(24)16-14(21)4-3-5-15(16)22/h3-5,7-9H,6H2,1-2H3/t9-/m1/s1. The highest BCUT2D eigenvalue weighted by atomic mass is 35.5. The van der Waals surface area contributed by atoms with Gasteiger partial charge in [-0.05, 0) is 43.2 Å². The van der Waals surface area contributed by atoms with Crippen LogP contribution in [0.1, 0.15) is 22.8 Å². The molecule has 0 N–H and O–H groups in total. The molecule has 134 valence electrons. The Hall–Kier alpha value is -1.40. The first kappa shape index (κ1) is 19.9. The smallest absolute Gasteiger partial charge is 0.274 e. The Morgan fingerprint density at radius 3 is 2.16 bits per heavy atom. The molecule has 1 atom stereocenters. The molecule has 25 heavy (non-hydrogen) atoms. The fourth-order valence-corrected chi connectivity index (χ4v) is 3.39. The molecule has 0 aromatic heterocycles. The van der Waals surface area contributed by atoms with Gasteiger partial charge in [0.15, 0.2) is 0 Å². The Balaban J connectivity index is 2.30. The zero-order valence-electron chi connectivity index (χ0n) is 13.3. The summed E-state index contributed by atoms with van der Waals surface area (Å²) >= 11 is 18.2. The minimum absolute atomic E-state index is 0.199. The largest absolute Gasteiger partial charge is 0.283 e. The van der Waals surface area contributed by atoms with Gasteiger partial charge in [0.2, 0.25) is 0 Å². The fraction of sp³-hybridized carbons (Fsp3) is 0.235. The van der Waals surface area contributed by atoms with Crippen LogP contribution in [0.4, 0.5) is 8.78 Å². The Labute approximate surface area is 159 Å². The molecule has 0 aliphatic rings. The number of amides is 1. The Kier molecular flexibility index (Phi) is 6.63. The van der Waals surface area contributed by atoms with Crippen molar-refractivity contribution in [2.24, 2.45) is 0 Å². The molecule has 0 fully saturated rings. The third kappa shape index (κ3) is 4.42. The van der Waals surface area contributed by atoms with Gasteiger partial charge in [-0.2, -0.15) is 0 Å². The summed E-state index contributed by atoms with van der Waals surface area (Å²) < 4.78 is 27.7. The van der Waals surface area contributed by atoms with E-state index in [4.69, 9.17) is 39.6 Å². The summed E-state index contributed by atoms with van der Waals surface area (Å²) in [7, 11) is 1.23. The number of carbonyl (C=O) groups excluding carboxylic acids is 1. The lowest BCUT2D eigenvalue weighted by molar-refractivity contribution is -0.119. The van der Waals surface area contributed by atoms with Gasteiger partial charge < -0.3 is 0 Å². The fourth-order valence-electron chi connectivity index (χ4n) is 2.42. The molecule has 2 aromatic rings. The van der Waals surface area contributed by atoms with E-state index in [0.29, 0.717) is 20.6 Å². The zero-order valence-corrected chi connectivity index (χ0v) is 15.6. The second kappa shape index (κ2) is 8.32. The third-order valence-electron chi connectivity index (χ3n) is 3.58. The monoisotopic (exact) mass is 407 g/mol. The quantitative estimate of drug-likeness (QED) is 0.606. The highest BCUT2D eigenvalue weighted by Gasteiger charge is 2.28. The molecule has 8 heteroatoms. The number of halogens is 5. The lowest BCUT2D eigenvalue weighted by atomic mass is 10.1. The van der Waals surface area contributed by atoms with Crippen molar-refractivity contribution in [1.82, 2.24) is 5.06 Å². The molecule has 2 rings (SSSR count). The van der Waals surface area contributed by atoms with Crippen LogP contribution in [-0.4, -0.2) is 24.1 Å². The van der Waals surface area contributed by atoms with Gasteiger partial charge in [-0.25, -0.2) is 13.8 Å². The molecule has 0 saturated heterocycles. The van der Waals surface area contributed by atoms with Crippen LogP contribution in [0.2, 0.25) is 15.1 Å². The van der Waals surface area contributed by atoms with Crippen molar-refractivity contribution in [1.29, 1.82) is 0 Å². The van der Waals surface area contributed by atoms with Crippen LogP contribution >= 0.6 is 34.8 Å². The number of nitrogens with zero attached hydrogens (tertiary/aromatic N) is 1. The minimum atomic E-state index is -0.971. The number of hydrogen-bond donors (Lipinski definition) is 0. The number of benzene rings is 2. The molecule has 0 unspecified atom stereocenters. The van der Waals surface area contributed by atoms with Gasteiger partial charge in [-0.3, -0.25) is 9.63 Å². The predicted molar refractivity (Wildman–Crippen MR) is 94.2 cm³/mol. The molecule has 1 amide bonds. The van der Waals surface area contributed by atoms with Crippen LogP contribution in [0.3, 0.4) is 0 Å². The third-order valence-corrected chi connectivity index (χ3v) is 4.47. The maximum absolute atomic E-state index is 13.9. The van der Waals surface area contributed by atoms with Gasteiger partial charge in [0, 0.05) is 15.1 Å². The molecule has 0 aliphatic heterocycles. The van der Waals surface area contributed by atoms with E-state index in [1.807, 2.05) is 0 Å². The summed E-state index contributed by atoms with van der Waals surface area (Å²) in [6, 6.07) is 5.62. The van der Waals surface area contributed by atoms with Gasteiger partial charge in [0.1, 0.15) is 17.2 Å². The molecule has 3 nitrogen and oxygen atoms in total. The topological polar surface area (TPSA) is 29.5 Å². The average Bonchev–Trinajstić information content (AvgIpc) is 2.51. The van der Waals surface area contributed by atoms with Gasteiger partial charge in [0.25, 0.3) is 5.91 Å². The van der Waals surface area contributed by atoms with Crippen LogP contribution in [0.15, 0.2) is 30.3 Å². The zero-order chi connectivity index (χ0) is 18.7. The summed E-state index contributed by atoms with van der Waals surface area (Å²) in [6.07, 6.45) is 0.199. The molecule has 0 radical (unpaired) electrons. The molecule has 2 aromatic carbocycles. The van der Waals surface area contributed by atoms with Crippen molar-refractivity contribution < 1.29 is 18.4 Å². The summed E-state index contributed by atoms with van der Waals surface area (Å²) in [5.74, 6) is -2.88. The van der Waals surface area contributed by atoms with E-state index in [1.165, 1.54) is 25.3 Å². The van der Waals surface area contributed by atoms with Crippen molar-refractivity contribution in [3.63, 3.8) is 0 Å². The molecule has 0 spiro atoms. The van der Waals surface area contributed by atoms with Gasteiger partial charge >= 0.3 is 0 Å². The first-order chi connectivity index (χ1) is 11.8. The van der Waals surface area contributed by atoms with Gasteiger partial charge in [-0.15, -0.1) is 0 Å². The Bertz CT molecular complexity index is 758. The normalized spacial score (nSPS) is 12.1. The SMILES string of the molecule is CON(C(=O)c1c(F)cccc1F)[C@H](C)Cc1c(Cl)cc(Cl)cc1Cl. The summed E-state index contributed by atoms with van der Waals surface area (Å²) in [4.78, 5) is 17.6. The number of rotatable bonds is 5. The maximum atomic E-state index is 13.9. The summed E-state index contributed by atoms with van der Waals surface area (Å²) in [5, 5.41) is 1.90. The van der Waals surface area contributed by atoms with Gasteiger partial charge in [-0.1, -0.05) is 40.9 Å². The lowest BCUT2D eigenvalue weighted by Gasteiger charge is -2.27. The number of hydroxylamine groups is 2. The molecule has 0 bridgehead atoms. The Morgan fingerprint density at radius 1 is 1.16 bits per heavy atom. The Morgan fingerprint density at radius 2 is 1.68 bits per heavy atom. The second-order valence-electron chi connectivity index (χ2n) is 5.31. The first-order valence-electron chi connectivity index (χ1n) is 7.21. The summed E-state index contributed by atoms with van der Waals surface area (Å²) in [5.41, 5.74) is -0.145. The number of carbonyl (C=O) groups is 1. The predicted octanol–water partition coefficient (Wildman–Crippen LogP) is 5.56. The molecular formula is C17H14Cl3F2NO2. The van der Waals surface area contributed by atoms with Gasteiger partial charge in [0.05, 0.1) is 13.2 Å². The van der Waals surface area contributed by atoms with E-state index in [0.717, 1.165) is 17.2 Å². The highest BCUT2D eigenvalue weighted by Crippen LogP contribution is 2.31.